The lowest BCUT2D eigenvalue weighted by atomic mass is 9.96. The molecule has 2 unspecified atom stereocenters. The molecule has 0 aromatic heterocycles. The Morgan fingerprint density at radius 2 is 1.80 bits per heavy atom. The maximum absolute atomic E-state index is 5.96. The van der Waals surface area contributed by atoms with E-state index in [9.17, 15) is 0 Å². The fourth-order valence-electron chi connectivity index (χ4n) is 2.70. The maximum atomic E-state index is 5.96. The van der Waals surface area contributed by atoms with Crippen LogP contribution in [0.1, 0.15) is 24.5 Å². The number of hydrogen-bond donors (Lipinski definition) is 0. The number of halogens is 1. The molecule has 0 heterocycles. The number of alkyl halides is 1. The summed E-state index contributed by atoms with van der Waals surface area (Å²) in [6.07, 6.45) is 1.20. The largest absolute Gasteiger partial charge is 0.489 e. The molecule has 0 saturated heterocycles. The highest BCUT2D eigenvalue weighted by molar-refractivity contribution is 6.18. The fraction of sp³-hybridized carbons (Fsp3) is 0.333. The van der Waals surface area contributed by atoms with Gasteiger partial charge in [-0.15, -0.1) is 11.6 Å². The average molecular weight is 287 g/mol. The van der Waals surface area contributed by atoms with Gasteiger partial charge in [0.15, 0.2) is 0 Å². The highest BCUT2D eigenvalue weighted by Gasteiger charge is 2.50. The second-order valence-corrected chi connectivity index (χ2v) is 6.08. The first-order valence-corrected chi connectivity index (χ1v) is 7.59. The Morgan fingerprint density at radius 1 is 1.10 bits per heavy atom. The minimum atomic E-state index is 0.277. The van der Waals surface area contributed by atoms with E-state index in [4.69, 9.17) is 16.3 Å². The third-order valence-corrected chi connectivity index (χ3v) is 4.73. The summed E-state index contributed by atoms with van der Waals surface area (Å²) < 4.78 is 5.81. The van der Waals surface area contributed by atoms with Crippen LogP contribution in [0.3, 0.4) is 0 Å². The van der Waals surface area contributed by atoms with Crippen LogP contribution in [0.25, 0.3) is 0 Å². The Bertz CT molecular complexity index is 564. The van der Waals surface area contributed by atoms with E-state index in [1.54, 1.807) is 0 Å². The molecular weight excluding hydrogens is 268 g/mol. The molecule has 1 saturated carbocycles. The molecule has 0 amide bonds. The van der Waals surface area contributed by atoms with Crippen LogP contribution in [0, 0.1) is 5.92 Å². The molecule has 1 nitrogen and oxygen atoms in total. The van der Waals surface area contributed by atoms with E-state index in [0.29, 0.717) is 12.5 Å². The van der Waals surface area contributed by atoms with Crippen molar-refractivity contribution in [2.45, 2.75) is 25.4 Å². The van der Waals surface area contributed by atoms with Crippen molar-refractivity contribution in [3.05, 3.63) is 65.7 Å². The minimum absolute atomic E-state index is 0.277. The van der Waals surface area contributed by atoms with Crippen molar-refractivity contribution < 1.29 is 4.74 Å². The third kappa shape index (κ3) is 2.69. The van der Waals surface area contributed by atoms with E-state index in [0.717, 1.165) is 11.6 Å². The molecule has 0 radical (unpaired) electrons. The van der Waals surface area contributed by atoms with Gasteiger partial charge in [0.05, 0.1) is 0 Å². The quantitative estimate of drug-likeness (QED) is 0.719. The topological polar surface area (TPSA) is 9.23 Å². The van der Waals surface area contributed by atoms with Gasteiger partial charge in [-0.2, -0.15) is 0 Å². The second kappa shape index (κ2) is 5.49. The molecule has 20 heavy (non-hydrogen) atoms. The standard InChI is InChI=1S/C18H19ClO/c1-18(11-16(18)12-19)15-7-9-17(10-8-15)20-13-14-5-3-2-4-6-14/h2-10,16H,11-13H2,1H3. The molecule has 2 heteroatoms. The molecular formula is C18H19ClO. The van der Waals surface area contributed by atoms with Gasteiger partial charge in [-0.1, -0.05) is 49.4 Å². The van der Waals surface area contributed by atoms with E-state index < -0.39 is 0 Å². The van der Waals surface area contributed by atoms with Gasteiger partial charge in [-0.3, -0.25) is 0 Å². The first kappa shape index (κ1) is 13.5. The first-order valence-electron chi connectivity index (χ1n) is 7.05. The average Bonchev–Trinajstić information content (AvgIpc) is 3.19. The van der Waals surface area contributed by atoms with Crippen LogP contribution in [0.2, 0.25) is 0 Å². The third-order valence-electron chi connectivity index (χ3n) is 4.36. The summed E-state index contributed by atoms with van der Waals surface area (Å²) in [6, 6.07) is 18.7. The van der Waals surface area contributed by atoms with Crippen LogP contribution in [0.5, 0.6) is 5.75 Å². The number of ether oxygens (including phenoxy) is 1. The first-order chi connectivity index (χ1) is 9.72. The summed E-state index contributed by atoms with van der Waals surface area (Å²) >= 11 is 5.96. The molecule has 2 aromatic rings. The lowest BCUT2D eigenvalue weighted by molar-refractivity contribution is 0.306. The normalized spacial score (nSPS) is 24.4. The SMILES string of the molecule is CC1(c2ccc(OCc3ccccc3)cc2)CC1CCl. The molecule has 2 aromatic carbocycles. The molecule has 1 aliphatic carbocycles. The number of benzene rings is 2. The van der Waals surface area contributed by atoms with E-state index in [-0.39, 0.29) is 5.41 Å². The van der Waals surface area contributed by atoms with Crippen molar-refractivity contribution in [3.63, 3.8) is 0 Å². The summed E-state index contributed by atoms with van der Waals surface area (Å²) in [7, 11) is 0. The zero-order valence-corrected chi connectivity index (χ0v) is 12.4. The molecule has 1 fully saturated rings. The summed E-state index contributed by atoms with van der Waals surface area (Å²) in [6.45, 7) is 2.90. The van der Waals surface area contributed by atoms with Crippen molar-refractivity contribution in [2.24, 2.45) is 5.92 Å². The van der Waals surface area contributed by atoms with Gasteiger partial charge in [0.25, 0.3) is 0 Å². The lowest BCUT2D eigenvalue weighted by Gasteiger charge is -2.12. The molecule has 1 aliphatic rings. The van der Waals surface area contributed by atoms with E-state index in [1.807, 2.05) is 18.2 Å². The van der Waals surface area contributed by atoms with Gasteiger partial charge in [0.1, 0.15) is 12.4 Å². The van der Waals surface area contributed by atoms with E-state index in [1.165, 1.54) is 17.5 Å². The fourth-order valence-corrected chi connectivity index (χ4v) is 3.15. The van der Waals surface area contributed by atoms with Crippen molar-refractivity contribution >= 4 is 11.6 Å². The van der Waals surface area contributed by atoms with Gasteiger partial charge in [0.2, 0.25) is 0 Å². The van der Waals surface area contributed by atoms with Crippen molar-refractivity contribution in [1.29, 1.82) is 0 Å². The number of hydrogen-bond acceptors (Lipinski definition) is 1. The van der Waals surface area contributed by atoms with E-state index in [2.05, 4.69) is 43.3 Å². The van der Waals surface area contributed by atoms with Gasteiger partial charge >= 0.3 is 0 Å². The van der Waals surface area contributed by atoms with Crippen LogP contribution in [0.4, 0.5) is 0 Å². The van der Waals surface area contributed by atoms with Gasteiger partial charge in [-0.25, -0.2) is 0 Å². The van der Waals surface area contributed by atoms with Crippen LogP contribution in [-0.4, -0.2) is 5.88 Å². The smallest absolute Gasteiger partial charge is 0.119 e. The minimum Gasteiger partial charge on any atom is -0.489 e. The zero-order valence-electron chi connectivity index (χ0n) is 11.7. The predicted molar refractivity (Wildman–Crippen MR) is 83.4 cm³/mol. The van der Waals surface area contributed by atoms with Gasteiger partial charge in [0, 0.05) is 5.88 Å². The molecule has 104 valence electrons. The Hall–Kier alpha value is -1.47. The van der Waals surface area contributed by atoms with E-state index >= 15 is 0 Å². The van der Waals surface area contributed by atoms with Crippen molar-refractivity contribution in [3.8, 4) is 5.75 Å². The van der Waals surface area contributed by atoms with Crippen molar-refractivity contribution in [1.82, 2.24) is 0 Å². The Morgan fingerprint density at radius 3 is 2.40 bits per heavy atom. The van der Waals surface area contributed by atoms with Crippen LogP contribution < -0.4 is 4.74 Å². The predicted octanol–water partition coefficient (Wildman–Crippen LogP) is 4.78. The molecule has 2 atom stereocenters. The second-order valence-electron chi connectivity index (χ2n) is 5.77. The summed E-state index contributed by atoms with van der Waals surface area (Å²) in [4.78, 5) is 0. The molecule has 0 spiro atoms. The summed E-state index contributed by atoms with van der Waals surface area (Å²) in [5.74, 6) is 2.30. The van der Waals surface area contributed by atoms with Crippen LogP contribution in [-0.2, 0) is 12.0 Å². The molecule has 0 aliphatic heterocycles. The maximum Gasteiger partial charge on any atom is 0.119 e. The Labute approximate surface area is 125 Å². The summed E-state index contributed by atoms with van der Waals surface area (Å²) in [5, 5.41) is 0. The summed E-state index contributed by atoms with van der Waals surface area (Å²) in [5.41, 5.74) is 2.84. The van der Waals surface area contributed by atoms with Crippen molar-refractivity contribution in [2.75, 3.05) is 5.88 Å². The van der Waals surface area contributed by atoms with Gasteiger partial charge < -0.3 is 4.74 Å². The highest BCUT2D eigenvalue weighted by Crippen LogP contribution is 2.54. The van der Waals surface area contributed by atoms with Crippen LogP contribution in [0.15, 0.2) is 54.6 Å². The van der Waals surface area contributed by atoms with Crippen LogP contribution >= 0.6 is 11.6 Å². The zero-order chi connectivity index (χ0) is 14.0. The molecule has 3 rings (SSSR count). The Kier molecular flexibility index (Phi) is 3.71. The lowest BCUT2D eigenvalue weighted by Crippen LogP contribution is -2.05. The number of rotatable bonds is 5. The Balaban J connectivity index is 1.62. The molecule has 0 bridgehead atoms. The molecule has 0 N–H and O–H groups in total. The van der Waals surface area contributed by atoms with Gasteiger partial charge in [-0.05, 0) is 41.0 Å². The monoisotopic (exact) mass is 286 g/mol. The highest BCUT2D eigenvalue weighted by atomic mass is 35.5.